The van der Waals surface area contributed by atoms with Crippen LogP contribution in [0.15, 0.2) is 36.4 Å². The molecule has 0 spiro atoms. The second-order valence-corrected chi connectivity index (χ2v) is 4.95. The number of hydrogen-bond acceptors (Lipinski definition) is 2. The van der Waals surface area contributed by atoms with E-state index >= 15 is 0 Å². The molecule has 0 bridgehead atoms. The molecule has 0 N–H and O–H groups in total. The van der Waals surface area contributed by atoms with Gasteiger partial charge in [-0.2, -0.15) is 0 Å². The number of rotatable bonds is 4. The molecule has 0 aromatic heterocycles. The van der Waals surface area contributed by atoms with Crippen LogP contribution in [0.4, 0.5) is 0 Å². The number of para-hydroxylation sites is 1. The minimum Gasteiger partial charge on any atom is -0.493 e. The van der Waals surface area contributed by atoms with Gasteiger partial charge in [-0.15, -0.1) is 0 Å². The van der Waals surface area contributed by atoms with E-state index in [4.69, 9.17) is 9.47 Å². The van der Waals surface area contributed by atoms with Crippen molar-refractivity contribution in [2.45, 2.75) is 19.8 Å². The van der Waals surface area contributed by atoms with E-state index in [-0.39, 0.29) is 11.7 Å². The molecule has 0 saturated heterocycles. The van der Waals surface area contributed by atoms with Gasteiger partial charge in [0.2, 0.25) is 0 Å². The summed E-state index contributed by atoms with van der Waals surface area (Å²) in [7, 11) is 3.20. The highest BCUT2D eigenvalue weighted by atomic mass is 16.5. The van der Waals surface area contributed by atoms with E-state index in [2.05, 4.69) is 0 Å². The second kappa shape index (κ2) is 5.87. The molecule has 2 rings (SSSR count). The van der Waals surface area contributed by atoms with Crippen molar-refractivity contribution in [3.8, 4) is 28.4 Å². The van der Waals surface area contributed by atoms with Crippen LogP contribution < -0.4 is 9.47 Å². The van der Waals surface area contributed by atoms with Crippen molar-refractivity contribution >= 4 is 0 Å². The standard InChI is InChI=1S/C17H19O3/c1-11(2)13-9-8-12(10-15(13)18)14-6-5-7-16(19-3)17(14)20-4/h5-11H,1-4H3. The molecule has 2 aromatic rings. The smallest absolute Gasteiger partial charge is 0.182 e. The summed E-state index contributed by atoms with van der Waals surface area (Å²) in [6.07, 6.45) is 0. The zero-order valence-corrected chi connectivity index (χ0v) is 12.3. The predicted molar refractivity (Wildman–Crippen MR) is 79.2 cm³/mol. The topological polar surface area (TPSA) is 38.4 Å². The van der Waals surface area contributed by atoms with Gasteiger partial charge in [0.05, 0.1) is 14.2 Å². The third kappa shape index (κ3) is 2.57. The first-order valence-electron chi connectivity index (χ1n) is 6.60. The maximum absolute atomic E-state index is 12.1. The molecule has 1 radical (unpaired) electrons. The molecule has 3 heteroatoms. The van der Waals surface area contributed by atoms with Gasteiger partial charge in [0.25, 0.3) is 0 Å². The van der Waals surface area contributed by atoms with Gasteiger partial charge >= 0.3 is 0 Å². The van der Waals surface area contributed by atoms with Gasteiger partial charge in [-0.3, -0.25) is 5.11 Å². The number of benzene rings is 2. The second-order valence-electron chi connectivity index (χ2n) is 4.95. The third-order valence-electron chi connectivity index (χ3n) is 3.35. The zero-order valence-electron chi connectivity index (χ0n) is 12.3. The molecular formula is C17H19O3. The lowest BCUT2D eigenvalue weighted by molar-refractivity contribution is 0.348. The van der Waals surface area contributed by atoms with Crippen LogP contribution in [0.25, 0.3) is 11.1 Å². The molecule has 0 fully saturated rings. The van der Waals surface area contributed by atoms with E-state index < -0.39 is 0 Å². The van der Waals surface area contributed by atoms with Crippen molar-refractivity contribution in [3.05, 3.63) is 42.0 Å². The first-order valence-corrected chi connectivity index (χ1v) is 6.60. The lowest BCUT2D eigenvalue weighted by Crippen LogP contribution is -1.94. The Morgan fingerprint density at radius 3 is 2.30 bits per heavy atom. The van der Waals surface area contributed by atoms with Crippen molar-refractivity contribution < 1.29 is 14.6 Å². The van der Waals surface area contributed by atoms with Crippen LogP contribution in [0.2, 0.25) is 0 Å². The molecule has 20 heavy (non-hydrogen) atoms. The Kier molecular flexibility index (Phi) is 4.18. The van der Waals surface area contributed by atoms with Crippen LogP contribution in [0.1, 0.15) is 25.3 Å². The molecule has 0 aliphatic heterocycles. The lowest BCUT2D eigenvalue weighted by Gasteiger charge is -2.14. The summed E-state index contributed by atoms with van der Waals surface area (Å²) < 4.78 is 10.7. The van der Waals surface area contributed by atoms with Crippen LogP contribution >= 0.6 is 0 Å². The van der Waals surface area contributed by atoms with E-state index in [0.717, 1.165) is 16.7 Å². The molecular weight excluding hydrogens is 252 g/mol. The van der Waals surface area contributed by atoms with E-state index in [0.29, 0.717) is 11.5 Å². The first-order chi connectivity index (χ1) is 9.58. The minimum absolute atomic E-state index is 0.0578. The van der Waals surface area contributed by atoms with E-state index in [1.54, 1.807) is 20.3 Å². The number of ether oxygens (including phenoxy) is 2. The Hall–Kier alpha value is -2.16. The molecule has 0 saturated carbocycles. The van der Waals surface area contributed by atoms with E-state index in [1.165, 1.54) is 0 Å². The molecule has 0 heterocycles. The van der Waals surface area contributed by atoms with Gasteiger partial charge in [-0.05, 0) is 23.6 Å². The van der Waals surface area contributed by atoms with E-state index in [9.17, 15) is 5.11 Å². The van der Waals surface area contributed by atoms with Crippen molar-refractivity contribution in [2.24, 2.45) is 0 Å². The summed E-state index contributed by atoms with van der Waals surface area (Å²) >= 11 is 0. The molecule has 2 aromatic carbocycles. The molecule has 0 amide bonds. The Balaban J connectivity index is 2.54. The number of methoxy groups -OCH3 is 2. The summed E-state index contributed by atoms with van der Waals surface area (Å²) in [4.78, 5) is 0. The van der Waals surface area contributed by atoms with Crippen molar-refractivity contribution in [3.63, 3.8) is 0 Å². The molecule has 0 atom stereocenters. The maximum atomic E-state index is 12.1. The average Bonchev–Trinajstić information content (AvgIpc) is 2.45. The van der Waals surface area contributed by atoms with Crippen LogP contribution in [-0.4, -0.2) is 14.2 Å². The average molecular weight is 271 g/mol. The SMILES string of the molecule is COc1cccc(-c2ccc(C(C)C)c([O])c2)c1OC. The van der Waals surface area contributed by atoms with Crippen molar-refractivity contribution in [1.82, 2.24) is 0 Å². The molecule has 105 valence electrons. The van der Waals surface area contributed by atoms with Gasteiger partial charge in [0, 0.05) is 11.1 Å². The lowest BCUT2D eigenvalue weighted by atomic mass is 9.97. The van der Waals surface area contributed by atoms with Crippen LogP contribution in [0, 0.1) is 0 Å². The van der Waals surface area contributed by atoms with Gasteiger partial charge in [0.15, 0.2) is 17.2 Å². The summed E-state index contributed by atoms with van der Waals surface area (Å²) in [5.41, 5.74) is 2.53. The Morgan fingerprint density at radius 2 is 1.75 bits per heavy atom. The predicted octanol–water partition coefficient (Wildman–Crippen LogP) is 4.64. The highest BCUT2D eigenvalue weighted by Crippen LogP contribution is 2.40. The van der Waals surface area contributed by atoms with Gasteiger partial charge < -0.3 is 9.47 Å². The Morgan fingerprint density at radius 1 is 1.00 bits per heavy atom. The van der Waals surface area contributed by atoms with E-state index in [1.807, 2.05) is 44.2 Å². The summed E-state index contributed by atoms with van der Waals surface area (Å²) in [6, 6.07) is 11.1. The molecule has 3 nitrogen and oxygen atoms in total. The fourth-order valence-corrected chi connectivity index (χ4v) is 2.29. The molecule has 0 unspecified atom stereocenters. The highest BCUT2D eigenvalue weighted by Gasteiger charge is 2.14. The summed E-state index contributed by atoms with van der Waals surface area (Å²) in [5, 5.41) is 12.1. The van der Waals surface area contributed by atoms with Crippen LogP contribution in [0.3, 0.4) is 0 Å². The minimum atomic E-state index is 0.0578. The largest absolute Gasteiger partial charge is 0.493 e. The van der Waals surface area contributed by atoms with Crippen LogP contribution in [-0.2, 0) is 5.11 Å². The van der Waals surface area contributed by atoms with Gasteiger partial charge in [0.1, 0.15) is 0 Å². The monoisotopic (exact) mass is 271 g/mol. The zero-order chi connectivity index (χ0) is 14.7. The molecule has 0 aliphatic rings. The third-order valence-corrected chi connectivity index (χ3v) is 3.35. The Labute approximate surface area is 119 Å². The fraction of sp³-hybridized carbons (Fsp3) is 0.294. The summed E-state index contributed by atoms with van der Waals surface area (Å²) in [5.74, 6) is 1.59. The fourth-order valence-electron chi connectivity index (χ4n) is 2.29. The number of hydrogen-bond donors (Lipinski definition) is 0. The summed E-state index contributed by atoms with van der Waals surface area (Å²) in [6.45, 7) is 4.03. The van der Waals surface area contributed by atoms with Gasteiger partial charge in [-0.1, -0.05) is 38.1 Å². The Bertz CT molecular complexity index is 603. The normalized spacial score (nSPS) is 10.7. The first kappa shape index (κ1) is 14.3. The van der Waals surface area contributed by atoms with Gasteiger partial charge in [-0.25, -0.2) is 0 Å². The van der Waals surface area contributed by atoms with Crippen molar-refractivity contribution in [2.75, 3.05) is 14.2 Å². The maximum Gasteiger partial charge on any atom is 0.182 e. The molecule has 0 aliphatic carbocycles. The quantitative estimate of drug-likeness (QED) is 0.812. The van der Waals surface area contributed by atoms with Crippen molar-refractivity contribution in [1.29, 1.82) is 0 Å². The van der Waals surface area contributed by atoms with Crippen LogP contribution in [0.5, 0.6) is 17.2 Å². The highest BCUT2D eigenvalue weighted by molar-refractivity contribution is 5.75.